The summed E-state index contributed by atoms with van der Waals surface area (Å²) in [5.74, 6) is -1.52. The van der Waals surface area contributed by atoms with Gasteiger partial charge in [0.2, 0.25) is 0 Å². The number of amides is 2. The summed E-state index contributed by atoms with van der Waals surface area (Å²) in [7, 11) is 1.44. The Hall–Kier alpha value is -2.38. The van der Waals surface area contributed by atoms with E-state index in [4.69, 9.17) is 16.3 Å². The summed E-state index contributed by atoms with van der Waals surface area (Å²) in [5, 5.41) is 7.09. The van der Waals surface area contributed by atoms with E-state index in [1.165, 1.54) is 36.6 Å². The van der Waals surface area contributed by atoms with Crippen LogP contribution in [0.1, 0.15) is 20.0 Å². The number of esters is 1. The lowest BCUT2D eigenvalue weighted by Crippen LogP contribution is -2.25. The van der Waals surface area contributed by atoms with Crippen LogP contribution in [0.5, 0.6) is 0 Å². The first kappa shape index (κ1) is 17.0. The molecule has 2 aromatic rings. The van der Waals surface area contributed by atoms with Crippen molar-refractivity contribution in [1.29, 1.82) is 0 Å². The maximum absolute atomic E-state index is 12.1. The van der Waals surface area contributed by atoms with Crippen molar-refractivity contribution >= 4 is 46.4 Å². The van der Waals surface area contributed by atoms with Gasteiger partial charge < -0.3 is 15.4 Å². The van der Waals surface area contributed by atoms with E-state index in [-0.39, 0.29) is 17.2 Å². The predicted octanol–water partition coefficient (Wildman–Crippen LogP) is 2.56. The lowest BCUT2D eigenvalue weighted by atomic mass is 10.1. The Morgan fingerprint density at radius 2 is 2.04 bits per heavy atom. The number of nitrogens with one attached hydrogen (secondary N) is 2. The summed E-state index contributed by atoms with van der Waals surface area (Å²) in [6.07, 6.45) is 0. The molecule has 0 unspecified atom stereocenters. The molecule has 0 spiro atoms. The molecular weight excluding hydrogens is 340 g/mol. The molecule has 1 aromatic carbocycles. The summed E-state index contributed by atoms with van der Waals surface area (Å²) in [4.78, 5) is 35.8. The van der Waals surface area contributed by atoms with Crippen molar-refractivity contribution in [2.75, 3.05) is 19.0 Å². The number of benzene rings is 1. The number of hydrogen-bond acceptors (Lipinski definition) is 5. The summed E-state index contributed by atoms with van der Waals surface area (Å²) in [5.41, 5.74) is 0.334. The van der Waals surface area contributed by atoms with Gasteiger partial charge in [0.25, 0.3) is 11.8 Å². The average molecular weight is 353 g/mol. The van der Waals surface area contributed by atoms with Crippen LogP contribution in [0.15, 0.2) is 35.7 Å². The minimum absolute atomic E-state index is 0.114. The highest BCUT2D eigenvalue weighted by atomic mass is 35.5. The summed E-state index contributed by atoms with van der Waals surface area (Å²) < 4.78 is 4.89. The van der Waals surface area contributed by atoms with Crippen LogP contribution in [0, 0.1) is 0 Å². The highest BCUT2D eigenvalue weighted by Crippen LogP contribution is 2.23. The number of carbonyl (C=O) groups excluding carboxylic acids is 3. The van der Waals surface area contributed by atoms with E-state index in [1.54, 1.807) is 17.5 Å². The van der Waals surface area contributed by atoms with Gasteiger partial charge in [-0.15, -0.1) is 11.3 Å². The minimum atomic E-state index is -0.730. The van der Waals surface area contributed by atoms with Crippen LogP contribution in [0.3, 0.4) is 0 Å². The van der Waals surface area contributed by atoms with E-state index in [9.17, 15) is 14.4 Å². The molecule has 6 nitrogen and oxygen atoms in total. The third-order valence-electron chi connectivity index (χ3n) is 2.81. The number of thiophene rings is 1. The van der Waals surface area contributed by atoms with Crippen LogP contribution in [-0.4, -0.2) is 31.4 Å². The van der Waals surface area contributed by atoms with Gasteiger partial charge in [0.15, 0.2) is 6.61 Å². The van der Waals surface area contributed by atoms with Crippen LogP contribution < -0.4 is 10.6 Å². The van der Waals surface area contributed by atoms with Crippen molar-refractivity contribution in [2.24, 2.45) is 0 Å². The fourth-order valence-corrected chi connectivity index (χ4v) is 2.46. The van der Waals surface area contributed by atoms with Crippen LogP contribution >= 0.6 is 22.9 Å². The molecule has 1 aromatic heterocycles. The molecule has 8 heteroatoms. The Labute approximate surface area is 141 Å². The van der Waals surface area contributed by atoms with Crippen molar-refractivity contribution in [3.8, 4) is 0 Å². The average Bonchev–Trinajstić information content (AvgIpc) is 3.07. The zero-order chi connectivity index (χ0) is 16.8. The molecule has 2 N–H and O–H groups in total. The molecule has 0 atom stereocenters. The molecule has 0 aliphatic rings. The van der Waals surface area contributed by atoms with Crippen LogP contribution in [0.25, 0.3) is 0 Å². The van der Waals surface area contributed by atoms with Gasteiger partial charge in [0, 0.05) is 12.1 Å². The molecule has 1 heterocycles. The van der Waals surface area contributed by atoms with E-state index in [0.29, 0.717) is 9.90 Å². The number of halogens is 1. The number of rotatable bonds is 5. The molecule has 0 bridgehead atoms. The molecular formula is C15H13ClN2O4S. The number of ether oxygens (including phenoxy) is 1. The lowest BCUT2D eigenvalue weighted by Gasteiger charge is -2.11. The highest BCUT2D eigenvalue weighted by Gasteiger charge is 2.17. The van der Waals surface area contributed by atoms with Gasteiger partial charge in [-0.3, -0.25) is 9.59 Å². The molecule has 23 heavy (non-hydrogen) atoms. The second-order valence-corrected chi connectivity index (χ2v) is 5.75. The Kier molecular flexibility index (Phi) is 5.72. The van der Waals surface area contributed by atoms with E-state index in [2.05, 4.69) is 10.6 Å². The first-order valence-electron chi connectivity index (χ1n) is 6.53. The zero-order valence-corrected chi connectivity index (χ0v) is 13.7. The predicted molar refractivity (Wildman–Crippen MR) is 88.1 cm³/mol. The van der Waals surface area contributed by atoms with Crippen LogP contribution in [0.2, 0.25) is 5.02 Å². The van der Waals surface area contributed by atoms with Gasteiger partial charge in [0.05, 0.1) is 16.1 Å². The van der Waals surface area contributed by atoms with Gasteiger partial charge >= 0.3 is 5.97 Å². The zero-order valence-electron chi connectivity index (χ0n) is 12.1. The standard InChI is InChI=1S/C15H13ClN2O4S/c1-17-13(19)8-22-15(21)10-5-4-9(16)7-11(10)18-14(20)12-3-2-6-23-12/h2-7H,8H2,1H3,(H,17,19)(H,18,20). The second-order valence-electron chi connectivity index (χ2n) is 4.37. The molecule has 0 aliphatic heterocycles. The molecule has 0 saturated heterocycles. The molecule has 2 rings (SSSR count). The molecule has 0 radical (unpaired) electrons. The number of hydrogen-bond donors (Lipinski definition) is 2. The van der Waals surface area contributed by atoms with E-state index in [1.807, 2.05) is 0 Å². The molecule has 120 valence electrons. The fraction of sp³-hybridized carbons (Fsp3) is 0.133. The Morgan fingerprint density at radius 3 is 2.70 bits per heavy atom. The van der Waals surface area contributed by atoms with Crippen molar-refractivity contribution in [3.05, 3.63) is 51.2 Å². The third kappa shape index (κ3) is 4.54. The minimum Gasteiger partial charge on any atom is -0.452 e. The summed E-state index contributed by atoms with van der Waals surface area (Å²) in [6.45, 7) is -0.406. The second kappa shape index (κ2) is 7.75. The Balaban J connectivity index is 2.18. The fourth-order valence-electron chi connectivity index (χ4n) is 1.67. The summed E-state index contributed by atoms with van der Waals surface area (Å²) in [6, 6.07) is 7.78. The van der Waals surface area contributed by atoms with Crippen molar-refractivity contribution in [1.82, 2.24) is 5.32 Å². The monoisotopic (exact) mass is 352 g/mol. The third-order valence-corrected chi connectivity index (χ3v) is 3.91. The summed E-state index contributed by atoms with van der Waals surface area (Å²) >= 11 is 7.19. The topological polar surface area (TPSA) is 84.5 Å². The van der Waals surface area contributed by atoms with Gasteiger partial charge in [0.1, 0.15) is 0 Å². The van der Waals surface area contributed by atoms with Crippen molar-refractivity contribution < 1.29 is 19.1 Å². The van der Waals surface area contributed by atoms with Gasteiger partial charge in [-0.1, -0.05) is 17.7 Å². The SMILES string of the molecule is CNC(=O)COC(=O)c1ccc(Cl)cc1NC(=O)c1cccs1. The first-order chi connectivity index (χ1) is 11.0. The normalized spacial score (nSPS) is 10.0. The maximum Gasteiger partial charge on any atom is 0.340 e. The number of likely N-dealkylation sites (N-methyl/N-ethyl adjacent to an activating group) is 1. The van der Waals surface area contributed by atoms with E-state index in [0.717, 1.165) is 0 Å². The molecule has 0 fully saturated rings. The lowest BCUT2D eigenvalue weighted by molar-refractivity contribution is -0.123. The van der Waals surface area contributed by atoms with Crippen molar-refractivity contribution in [2.45, 2.75) is 0 Å². The quantitative estimate of drug-likeness (QED) is 0.810. The molecule has 0 saturated carbocycles. The smallest absolute Gasteiger partial charge is 0.340 e. The van der Waals surface area contributed by atoms with E-state index >= 15 is 0 Å². The van der Waals surface area contributed by atoms with Crippen LogP contribution in [-0.2, 0) is 9.53 Å². The molecule has 2 amide bonds. The number of anilines is 1. The first-order valence-corrected chi connectivity index (χ1v) is 7.79. The van der Waals surface area contributed by atoms with E-state index < -0.39 is 18.5 Å². The highest BCUT2D eigenvalue weighted by molar-refractivity contribution is 7.12. The van der Waals surface area contributed by atoms with Crippen LogP contribution in [0.4, 0.5) is 5.69 Å². The number of carbonyl (C=O) groups is 3. The maximum atomic E-state index is 12.1. The Bertz CT molecular complexity index is 731. The van der Waals surface area contributed by atoms with Gasteiger partial charge in [-0.25, -0.2) is 4.79 Å². The largest absolute Gasteiger partial charge is 0.452 e. The van der Waals surface area contributed by atoms with Gasteiger partial charge in [-0.05, 0) is 29.6 Å². The van der Waals surface area contributed by atoms with Gasteiger partial charge in [-0.2, -0.15) is 0 Å². The van der Waals surface area contributed by atoms with Crippen molar-refractivity contribution in [3.63, 3.8) is 0 Å². The Morgan fingerprint density at radius 1 is 1.26 bits per heavy atom. The molecule has 0 aliphatic carbocycles.